The molecule has 3 amide bonds. The summed E-state index contributed by atoms with van der Waals surface area (Å²) in [6.45, 7) is 0.455. The molecule has 2 fully saturated rings. The molecule has 1 aliphatic carbocycles. The van der Waals surface area contributed by atoms with Crippen molar-refractivity contribution in [1.82, 2.24) is 31.1 Å². The first-order valence-corrected chi connectivity index (χ1v) is 8.98. The second-order valence-corrected chi connectivity index (χ2v) is 7.10. The summed E-state index contributed by atoms with van der Waals surface area (Å²) >= 11 is 0. The van der Waals surface area contributed by atoms with Crippen LogP contribution in [0.5, 0.6) is 0 Å². The van der Waals surface area contributed by atoms with Gasteiger partial charge < -0.3 is 15.2 Å². The van der Waals surface area contributed by atoms with Crippen molar-refractivity contribution in [2.24, 2.45) is 0 Å². The van der Waals surface area contributed by atoms with Crippen LogP contribution in [0.3, 0.4) is 0 Å². The van der Waals surface area contributed by atoms with Crippen LogP contribution >= 0.6 is 0 Å². The molecule has 2 aromatic rings. The molecule has 0 bridgehead atoms. The highest BCUT2D eigenvalue weighted by Gasteiger charge is 2.47. The van der Waals surface area contributed by atoms with Crippen molar-refractivity contribution in [2.75, 3.05) is 0 Å². The van der Waals surface area contributed by atoms with Crippen molar-refractivity contribution in [2.45, 2.75) is 50.0 Å². The smallest absolute Gasteiger partial charge is 0.329 e. The van der Waals surface area contributed by atoms with Crippen molar-refractivity contribution >= 4 is 11.9 Å². The van der Waals surface area contributed by atoms with Gasteiger partial charge in [-0.2, -0.15) is 18.2 Å². The summed E-state index contributed by atoms with van der Waals surface area (Å²) in [6, 6.07) is 2.96. The Hall–Kier alpha value is -3.02. The van der Waals surface area contributed by atoms with E-state index in [1.807, 2.05) is 0 Å². The number of imide groups is 1. The van der Waals surface area contributed by atoms with Gasteiger partial charge in [-0.3, -0.25) is 15.1 Å². The minimum atomic E-state index is -4.69. The van der Waals surface area contributed by atoms with Crippen molar-refractivity contribution in [3.63, 3.8) is 0 Å². The topological polar surface area (TPSA) is 122 Å². The summed E-state index contributed by atoms with van der Waals surface area (Å²) in [5.74, 6) is -1.85. The molecule has 29 heavy (non-hydrogen) atoms. The van der Waals surface area contributed by atoms with E-state index in [0.29, 0.717) is 30.6 Å². The van der Waals surface area contributed by atoms with Gasteiger partial charge in [0.05, 0.1) is 5.69 Å². The maximum absolute atomic E-state index is 12.5. The highest BCUT2D eigenvalue weighted by Crippen LogP contribution is 2.31. The predicted octanol–water partition coefficient (Wildman–Crippen LogP) is 1.76. The molecule has 0 atom stereocenters. The first-order chi connectivity index (χ1) is 13.7. The lowest BCUT2D eigenvalue weighted by Gasteiger charge is -2.34. The molecule has 1 saturated heterocycles. The van der Waals surface area contributed by atoms with Gasteiger partial charge in [0.2, 0.25) is 5.82 Å². The van der Waals surface area contributed by atoms with Gasteiger partial charge in [0.25, 0.3) is 5.91 Å². The molecule has 9 nitrogen and oxygen atoms in total. The first-order valence-electron chi connectivity index (χ1n) is 8.98. The zero-order valence-corrected chi connectivity index (χ0v) is 15.0. The maximum Gasteiger partial charge on any atom is 0.471 e. The first kappa shape index (κ1) is 19.3. The van der Waals surface area contributed by atoms with Crippen LogP contribution < -0.4 is 16.0 Å². The van der Waals surface area contributed by atoms with Crippen molar-refractivity contribution < 1.29 is 27.3 Å². The Morgan fingerprint density at radius 2 is 2.00 bits per heavy atom. The van der Waals surface area contributed by atoms with Gasteiger partial charge in [0.1, 0.15) is 5.54 Å². The van der Waals surface area contributed by atoms with E-state index >= 15 is 0 Å². The lowest BCUT2D eigenvalue weighted by molar-refractivity contribution is -0.159. The number of aromatic nitrogens is 3. The average molecular weight is 410 g/mol. The molecule has 4 rings (SSSR count). The third-order valence-corrected chi connectivity index (χ3v) is 5.18. The van der Waals surface area contributed by atoms with Crippen LogP contribution in [-0.2, 0) is 17.5 Å². The Morgan fingerprint density at radius 3 is 2.55 bits per heavy atom. The minimum absolute atomic E-state index is 0.166. The Bertz CT molecular complexity index is 919. The van der Waals surface area contributed by atoms with E-state index in [9.17, 15) is 22.8 Å². The van der Waals surface area contributed by atoms with E-state index in [1.165, 1.54) is 6.20 Å². The molecule has 1 spiro atoms. The number of nitrogens with zero attached hydrogens (tertiary/aromatic N) is 3. The number of amides is 3. The molecule has 0 aromatic carbocycles. The SMILES string of the molecule is O=C1NC(=O)[C@]2(CC[C@@H](NCc3ccc(-c4noc(C(F)(F)F)n4)cn3)CC2)N1. The lowest BCUT2D eigenvalue weighted by atomic mass is 9.79. The highest BCUT2D eigenvalue weighted by atomic mass is 19.4. The Balaban J connectivity index is 1.31. The molecule has 154 valence electrons. The summed E-state index contributed by atoms with van der Waals surface area (Å²) < 4.78 is 41.8. The number of hydrogen-bond acceptors (Lipinski definition) is 7. The van der Waals surface area contributed by atoms with Crippen molar-refractivity contribution in [3.8, 4) is 11.4 Å². The molecule has 3 N–H and O–H groups in total. The van der Waals surface area contributed by atoms with Crippen molar-refractivity contribution in [3.05, 3.63) is 29.9 Å². The molecule has 0 unspecified atom stereocenters. The monoisotopic (exact) mass is 410 g/mol. The summed E-state index contributed by atoms with van der Waals surface area (Å²) in [6.07, 6.45) is -0.773. The number of carbonyl (C=O) groups excluding carboxylic acids is 2. The fourth-order valence-corrected chi connectivity index (χ4v) is 3.56. The van der Waals surface area contributed by atoms with Crippen LogP contribution in [0.15, 0.2) is 22.9 Å². The fraction of sp³-hybridized carbons (Fsp3) is 0.471. The highest BCUT2D eigenvalue weighted by molar-refractivity contribution is 6.07. The summed E-state index contributed by atoms with van der Waals surface area (Å²) in [5.41, 5.74) is 0.214. The zero-order valence-electron chi connectivity index (χ0n) is 15.0. The van der Waals surface area contributed by atoms with Crippen LogP contribution in [0.1, 0.15) is 37.3 Å². The molecular formula is C17H17F3N6O3. The van der Waals surface area contributed by atoms with E-state index in [4.69, 9.17) is 0 Å². The van der Waals surface area contributed by atoms with Gasteiger partial charge in [0.15, 0.2) is 0 Å². The average Bonchev–Trinajstić information content (AvgIpc) is 3.27. The molecular weight excluding hydrogens is 393 g/mol. The summed E-state index contributed by atoms with van der Waals surface area (Å²) in [5, 5.41) is 11.7. The molecule has 12 heteroatoms. The second kappa shape index (κ2) is 7.10. The predicted molar refractivity (Wildman–Crippen MR) is 91.0 cm³/mol. The number of carbonyl (C=O) groups is 2. The summed E-state index contributed by atoms with van der Waals surface area (Å²) in [4.78, 5) is 30.9. The molecule has 1 aliphatic heterocycles. The number of pyridine rings is 1. The van der Waals surface area contributed by atoms with E-state index in [0.717, 1.165) is 12.8 Å². The van der Waals surface area contributed by atoms with Crippen LogP contribution in [0.25, 0.3) is 11.4 Å². The molecule has 1 saturated carbocycles. The fourth-order valence-electron chi connectivity index (χ4n) is 3.56. The van der Waals surface area contributed by atoms with E-state index in [-0.39, 0.29) is 17.8 Å². The quantitative estimate of drug-likeness (QED) is 0.657. The number of nitrogens with one attached hydrogen (secondary N) is 3. The van der Waals surface area contributed by atoms with E-state index in [1.54, 1.807) is 12.1 Å². The van der Waals surface area contributed by atoms with Crippen LogP contribution in [0.4, 0.5) is 18.0 Å². The maximum atomic E-state index is 12.5. The normalized spacial score (nSPS) is 24.6. The number of alkyl halides is 3. The van der Waals surface area contributed by atoms with Gasteiger partial charge >= 0.3 is 18.1 Å². The lowest BCUT2D eigenvalue weighted by Crippen LogP contribution is -2.52. The molecule has 3 heterocycles. The van der Waals surface area contributed by atoms with E-state index in [2.05, 4.69) is 35.6 Å². The van der Waals surface area contributed by atoms with Crippen LogP contribution in [-0.4, -0.2) is 38.6 Å². The van der Waals surface area contributed by atoms with Gasteiger partial charge in [-0.1, -0.05) is 5.16 Å². The molecule has 2 aliphatic rings. The number of rotatable bonds is 4. The van der Waals surface area contributed by atoms with Gasteiger partial charge in [-0.15, -0.1) is 0 Å². The van der Waals surface area contributed by atoms with Crippen molar-refractivity contribution in [1.29, 1.82) is 0 Å². The molecule has 2 aromatic heterocycles. The second-order valence-electron chi connectivity index (χ2n) is 7.10. The third kappa shape index (κ3) is 3.92. The largest absolute Gasteiger partial charge is 0.471 e. The van der Waals surface area contributed by atoms with Crippen LogP contribution in [0, 0.1) is 0 Å². The number of urea groups is 1. The minimum Gasteiger partial charge on any atom is -0.329 e. The Morgan fingerprint density at radius 1 is 1.24 bits per heavy atom. The summed E-state index contributed by atoms with van der Waals surface area (Å²) in [7, 11) is 0. The Labute approximate surface area is 162 Å². The Kier molecular flexibility index (Phi) is 4.73. The standard InChI is InChI=1S/C17H17F3N6O3/c18-17(19,20)14-23-12(26-29-14)9-1-2-11(21-7-9)8-22-10-3-5-16(6-4-10)13(27)24-15(28)25-16/h1-2,7,10,22H,3-6,8H2,(H2,24,25,27,28)/t10-,16-. The molecule has 0 radical (unpaired) electrons. The third-order valence-electron chi connectivity index (χ3n) is 5.18. The van der Waals surface area contributed by atoms with E-state index < -0.39 is 23.6 Å². The van der Waals surface area contributed by atoms with Gasteiger partial charge in [-0.25, -0.2) is 4.79 Å². The zero-order chi connectivity index (χ0) is 20.6. The van der Waals surface area contributed by atoms with Gasteiger partial charge in [0, 0.05) is 24.3 Å². The number of hydrogen-bond donors (Lipinski definition) is 3. The number of halogens is 3. The van der Waals surface area contributed by atoms with Gasteiger partial charge in [-0.05, 0) is 37.8 Å². The van der Waals surface area contributed by atoms with Crippen LogP contribution in [0.2, 0.25) is 0 Å².